The molecule has 0 aliphatic rings. The van der Waals surface area contributed by atoms with Gasteiger partial charge in [0.25, 0.3) is 0 Å². The standard InChI is InChI=1S/C20H24N4O3S/c1-20(2,3)18(25)15-11-22-19-17(15)24-16(12-23-19)13-6-5-7-14(10-13)21-8-9-28(4,26)27/h5-7,10-12,21H,8-9H2,1-4H3,(H,22,23). The third-order valence-corrected chi connectivity index (χ3v) is 5.21. The highest BCUT2D eigenvalue weighted by Crippen LogP contribution is 2.27. The average Bonchev–Trinajstić information content (AvgIpc) is 3.02. The number of carbonyl (C=O) groups excluding carboxylic acids is 1. The van der Waals surface area contributed by atoms with Crippen LogP contribution in [0.25, 0.3) is 22.4 Å². The predicted octanol–water partition coefficient (Wildman–Crippen LogP) is 3.31. The Hall–Kier alpha value is -2.74. The van der Waals surface area contributed by atoms with Crippen LogP contribution in [0.2, 0.25) is 0 Å². The lowest BCUT2D eigenvalue weighted by molar-refractivity contribution is 0.0860. The van der Waals surface area contributed by atoms with Crippen LogP contribution < -0.4 is 5.32 Å². The summed E-state index contributed by atoms with van der Waals surface area (Å²) < 4.78 is 22.6. The second kappa shape index (κ2) is 7.35. The van der Waals surface area contributed by atoms with E-state index < -0.39 is 15.3 Å². The van der Waals surface area contributed by atoms with Gasteiger partial charge in [-0.05, 0) is 12.1 Å². The molecular weight excluding hydrogens is 376 g/mol. The first-order valence-corrected chi connectivity index (χ1v) is 11.0. The number of ketones is 1. The molecule has 0 saturated carbocycles. The van der Waals surface area contributed by atoms with Crippen molar-refractivity contribution in [2.24, 2.45) is 5.41 Å². The van der Waals surface area contributed by atoms with Gasteiger partial charge in [-0.25, -0.2) is 18.4 Å². The molecule has 0 aliphatic carbocycles. The molecule has 0 amide bonds. The summed E-state index contributed by atoms with van der Waals surface area (Å²) in [4.78, 5) is 24.8. The second-order valence-corrected chi connectivity index (χ2v) is 10.1. The van der Waals surface area contributed by atoms with Crippen LogP contribution in [0.4, 0.5) is 5.69 Å². The molecule has 3 aromatic rings. The van der Waals surface area contributed by atoms with E-state index in [0.717, 1.165) is 11.3 Å². The molecule has 0 saturated heterocycles. The highest BCUT2D eigenvalue weighted by Gasteiger charge is 2.26. The molecule has 0 bridgehead atoms. The monoisotopic (exact) mass is 400 g/mol. The van der Waals surface area contributed by atoms with Crippen LogP contribution in [0.3, 0.4) is 0 Å². The molecule has 0 spiro atoms. The number of nitrogens with one attached hydrogen (secondary N) is 2. The molecule has 2 N–H and O–H groups in total. The van der Waals surface area contributed by atoms with Gasteiger partial charge in [0.1, 0.15) is 15.4 Å². The highest BCUT2D eigenvalue weighted by atomic mass is 32.2. The van der Waals surface area contributed by atoms with E-state index in [-0.39, 0.29) is 11.5 Å². The SMILES string of the molecule is CC(C)(C)C(=O)c1c[nH]c2ncc(-c3cccc(NCCS(C)(=O)=O)c3)nc12. The number of aromatic nitrogens is 3. The van der Waals surface area contributed by atoms with Crippen LogP contribution in [0.5, 0.6) is 0 Å². The summed E-state index contributed by atoms with van der Waals surface area (Å²) in [6.45, 7) is 5.94. The minimum Gasteiger partial charge on any atom is -0.384 e. The van der Waals surface area contributed by atoms with Gasteiger partial charge in [-0.15, -0.1) is 0 Å². The largest absolute Gasteiger partial charge is 0.384 e. The number of anilines is 1. The number of fused-ring (bicyclic) bond motifs is 1. The fourth-order valence-corrected chi connectivity index (χ4v) is 3.25. The van der Waals surface area contributed by atoms with Gasteiger partial charge in [-0.2, -0.15) is 0 Å². The summed E-state index contributed by atoms with van der Waals surface area (Å²) in [5.74, 6) is 0.0614. The van der Waals surface area contributed by atoms with E-state index in [2.05, 4.69) is 20.3 Å². The quantitative estimate of drug-likeness (QED) is 0.615. The number of aromatic amines is 1. The maximum absolute atomic E-state index is 12.7. The van der Waals surface area contributed by atoms with Crippen LogP contribution in [0.1, 0.15) is 31.1 Å². The van der Waals surface area contributed by atoms with Gasteiger partial charge < -0.3 is 10.3 Å². The van der Waals surface area contributed by atoms with Crippen molar-refractivity contribution in [3.8, 4) is 11.3 Å². The second-order valence-electron chi connectivity index (χ2n) is 7.87. The number of nitrogens with zero attached hydrogens (tertiary/aromatic N) is 2. The van der Waals surface area contributed by atoms with Gasteiger partial charge >= 0.3 is 0 Å². The van der Waals surface area contributed by atoms with Crippen LogP contribution in [0, 0.1) is 5.41 Å². The van der Waals surface area contributed by atoms with Gasteiger partial charge in [0.05, 0.1) is 23.2 Å². The van der Waals surface area contributed by atoms with E-state index in [4.69, 9.17) is 0 Å². The maximum atomic E-state index is 12.7. The Morgan fingerprint density at radius 3 is 2.68 bits per heavy atom. The fraction of sp³-hybridized carbons (Fsp3) is 0.350. The van der Waals surface area contributed by atoms with Crippen LogP contribution in [-0.2, 0) is 9.84 Å². The first-order valence-electron chi connectivity index (χ1n) is 8.95. The number of H-pyrrole nitrogens is 1. The van der Waals surface area contributed by atoms with E-state index in [0.29, 0.717) is 29.0 Å². The van der Waals surface area contributed by atoms with Crippen molar-refractivity contribution >= 4 is 32.5 Å². The lowest BCUT2D eigenvalue weighted by atomic mass is 9.87. The fourth-order valence-electron chi connectivity index (χ4n) is 2.78. The molecule has 28 heavy (non-hydrogen) atoms. The topological polar surface area (TPSA) is 105 Å². The van der Waals surface area contributed by atoms with Gasteiger partial charge in [0, 0.05) is 35.7 Å². The zero-order valence-electron chi connectivity index (χ0n) is 16.4. The number of Topliss-reactive ketones (excluding diaryl/α,β-unsaturated/α-hetero) is 1. The molecule has 0 fully saturated rings. The Labute approximate surface area is 164 Å². The van der Waals surface area contributed by atoms with Gasteiger partial charge in [0.2, 0.25) is 0 Å². The number of hydrogen-bond acceptors (Lipinski definition) is 6. The summed E-state index contributed by atoms with van der Waals surface area (Å²) >= 11 is 0. The number of sulfone groups is 1. The van der Waals surface area contributed by atoms with E-state index >= 15 is 0 Å². The Morgan fingerprint density at radius 1 is 1.25 bits per heavy atom. The number of benzene rings is 1. The summed E-state index contributed by atoms with van der Waals surface area (Å²) in [6.07, 6.45) is 4.52. The Balaban J connectivity index is 1.91. The summed E-state index contributed by atoms with van der Waals surface area (Å²) in [5, 5.41) is 3.11. The van der Waals surface area contributed by atoms with Crippen molar-refractivity contribution in [2.45, 2.75) is 20.8 Å². The van der Waals surface area contributed by atoms with Gasteiger partial charge in [0.15, 0.2) is 11.4 Å². The first-order chi connectivity index (χ1) is 13.0. The smallest absolute Gasteiger partial charge is 0.171 e. The van der Waals surface area contributed by atoms with Crippen molar-refractivity contribution in [2.75, 3.05) is 23.9 Å². The Kier molecular flexibility index (Phi) is 5.25. The van der Waals surface area contributed by atoms with Gasteiger partial charge in [-0.3, -0.25) is 4.79 Å². The predicted molar refractivity (Wildman–Crippen MR) is 111 cm³/mol. The van der Waals surface area contributed by atoms with Crippen molar-refractivity contribution in [1.82, 2.24) is 15.0 Å². The molecule has 7 nitrogen and oxygen atoms in total. The normalized spacial score (nSPS) is 12.3. The van der Waals surface area contributed by atoms with E-state index in [1.165, 1.54) is 6.26 Å². The van der Waals surface area contributed by atoms with Gasteiger partial charge in [-0.1, -0.05) is 32.9 Å². The molecular formula is C20H24N4O3S. The van der Waals surface area contributed by atoms with E-state index in [1.54, 1.807) is 12.4 Å². The lowest BCUT2D eigenvalue weighted by Crippen LogP contribution is -2.20. The molecule has 148 valence electrons. The van der Waals surface area contributed by atoms with Crippen LogP contribution in [0.15, 0.2) is 36.7 Å². The van der Waals surface area contributed by atoms with Crippen molar-refractivity contribution in [1.29, 1.82) is 0 Å². The average molecular weight is 401 g/mol. The zero-order valence-corrected chi connectivity index (χ0v) is 17.2. The van der Waals surface area contributed by atoms with E-state index in [1.807, 2.05) is 45.0 Å². The van der Waals surface area contributed by atoms with Crippen molar-refractivity contribution in [3.05, 3.63) is 42.2 Å². The minimum atomic E-state index is -3.02. The summed E-state index contributed by atoms with van der Waals surface area (Å²) in [7, 11) is -3.02. The highest BCUT2D eigenvalue weighted by molar-refractivity contribution is 7.90. The summed E-state index contributed by atoms with van der Waals surface area (Å²) in [5.41, 5.74) is 3.39. The Bertz CT molecular complexity index is 1130. The maximum Gasteiger partial charge on any atom is 0.171 e. The lowest BCUT2D eigenvalue weighted by Gasteiger charge is -2.15. The molecule has 3 rings (SSSR count). The van der Waals surface area contributed by atoms with Crippen LogP contribution in [-0.4, -0.2) is 47.7 Å². The van der Waals surface area contributed by atoms with E-state index in [9.17, 15) is 13.2 Å². The molecule has 1 aromatic carbocycles. The molecule has 0 atom stereocenters. The Morgan fingerprint density at radius 2 is 2.00 bits per heavy atom. The number of rotatable bonds is 6. The number of carbonyl (C=O) groups is 1. The van der Waals surface area contributed by atoms with Crippen molar-refractivity contribution < 1.29 is 13.2 Å². The molecule has 8 heteroatoms. The van der Waals surface area contributed by atoms with Crippen LogP contribution >= 0.6 is 0 Å². The summed E-state index contributed by atoms with van der Waals surface area (Å²) in [6, 6.07) is 7.51. The minimum absolute atomic E-state index is 0.00129. The third kappa shape index (κ3) is 4.56. The van der Waals surface area contributed by atoms with Crippen molar-refractivity contribution in [3.63, 3.8) is 0 Å². The molecule has 2 aromatic heterocycles. The molecule has 0 radical (unpaired) electrons. The zero-order chi connectivity index (χ0) is 20.5. The third-order valence-electron chi connectivity index (χ3n) is 4.27. The molecule has 0 aliphatic heterocycles. The number of hydrogen-bond donors (Lipinski definition) is 2. The first kappa shape index (κ1) is 20.0. The molecule has 2 heterocycles. The molecule has 0 unspecified atom stereocenters.